The van der Waals surface area contributed by atoms with Gasteiger partial charge in [0.25, 0.3) is 0 Å². The lowest BCUT2D eigenvalue weighted by atomic mass is 9.90. The largest absolute Gasteiger partial charge is 0.497 e. The number of ether oxygens (including phenoxy) is 3. The van der Waals surface area contributed by atoms with E-state index in [9.17, 15) is 0 Å². The van der Waals surface area contributed by atoms with E-state index in [1.54, 1.807) is 7.11 Å². The topological polar surface area (TPSA) is 27.7 Å². The molecule has 0 radical (unpaired) electrons. The second-order valence-electron chi connectivity index (χ2n) is 4.23. The molecule has 2 heterocycles. The Labute approximate surface area is 89.0 Å². The summed E-state index contributed by atoms with van der Waals surface area (Å²) < 4.78 is 16.5. The lowest BCUT2D eigenvalue weighted by Crippen LogP contribution is -2.15. The van der Waals surface area contributed by atoms with E-state index in [2.05, 4.69) is 13.0 Å². The maximum atomic E-state index is 5.72. The zero-order chi connectivity index (χ0) is 10.4. The van der Waals surface area contributed by atoms with E-state index in [1.165, 1.54) is 5.56 Å². The van der Waals surface area contributed by atoms with Crippen LogP contribution < -0.4 is 9.47 Å². The van der Waals surface area contributed by atoms with Crippen LogP contribution in [0.3, 0.4) is 0 Å². The molecule has 80 valence electrons. The first-order chi connectivity index (χ1) is 7.29. The molecule has 0 bridgehead atoms. The molecule has 0 aliphatic carbocycles. The molecule has 0 N–H and O–H groups in total. The zero-order valence-electron chi connectivity index (χ0n) is 8.90. The number of hydrogen-bond donors (Lipinski definition) is 0. The van der Waals surface area contributed by atoms with Gasteiger partial charge in [-0.3, -0.25) is 0 Å². The second-order valence-corrected chi connectivity index (χ2v) is 4.23. The van der Waals surface area contributed by atoms with Crippen molar-refractivity contribution < 1.29 is 14.2 Å². The summed E-state index contributed by atoms with van der Waals surface area (Å²) in [6.07, 6.45) is -0.0814. The minimum absolute atomic E-state index is 0.0814. The van der Waals surface area contributed by atoms with Crippen LogP contribution in [0.2, 0.25) is 0 Å². The van der Waals surface area contributed by atoms with Crippen LogP contribution in [0.5, 0.6) is 11.5 Å². The van der Waals surface area contributed by atoms with Gasteiger partial charge in [0.1, 0.15) is 11.5 Å². The Bertz CT molecular complexity index is 388. The van der Waals surface area contributed by atoms with Crippen molar-refractivity contribution >= 4 is 0 Å². The molecule has 0 spiro atoms. The molecular weight excluding hydrogens is 192 g/mol. The first-order valence-corrected chi connectivity index (χ1v) is 5.26. The van der Waals surface area contributed by atoms with Gasteiger partial charge in [0, 0.05) is 5.56 Å². The Morgan fingerprint density at radius 1 is 1.40 bits per heavy atom. The van der Waals surface area contributed by atoms with Gasteiger partial charge in [0.2, 0.25) is 6.29 Å². The molecule has 0 saturated carbocycles. The number of hydrogen-bond acceptors (Lipinski definition) is 3. The summed E-state index contributed by atoms with van der Waals surface area (Å²) >= 11 is 0. The lowest BCUT2D eigenvalue weighted by molar-refractivity contribution is -0.0340. The summed E-state index contributed by atoms with van der Waals surface area (Å²) in [5.41, 5.74) is 1.23. The maximum absolute atomic E-state index is 5.72. The first-order valence-electron chi connectivity index (χ1n) is 5.26. The van der Waals surface area contributed by atoms with Gasteiger partial charge < -0.3 is 14.2 Å². The summed E-state index contributed by atoms with van der Waals surface area (Å²) in [7, 11) is 1.68. The van der Waals surface area contributed by atoms with E-state index in [0.717, 1.165) is 18.1 Å². The number of fused-ring (bicyclic) bond motifs is 3. The lowest BCUT2D eigenvalue weighted by Gasteiger charge is -2.10. The Morgan fingerprint density at radius 3 is 3.07 bits per heavy atom. The van der Waals surface area contributed by atoms with Crippen LogP contribution in [0.25, 0.3) is 0 Å². The van der Waals surface area contributed by atoms with Gasteiger partial charge in [-0.25, -0.2) is 0 Å². The average Bonchev–Trinajstić information content (AvgIpc) is 2.78. The van der Waals surface area contributed by atoms with Crippen LogP contribution in [0.1, 0.15) is 18.4 Å². The summed E-state index contributed by atoms with van der Waals surface area (Å²) in [4.78, 5) is 0. The Kier molecular flexibility index (Phi) is 1.89. The van der Waals surface area contributed by atoms with Crippen molar-refractivity contribution in [3.05, 3.63) is 23.8 Å². The van der Waals surface area contributed by atoms with Gasteiger partial charge in [0.05, 0.1) is 19.6 Å². The highest BCUT2D eigenvalue weighted by molar-refractivity contribution is 5.46. The van der Waals surface area contributed by atoms with Gasteiger partial charge in [-0.1, -0.05) is 6.92 Å². The van der Waals surface area contributed by atoms with Crippen LogP contribution in [-0.4, -0.2) is 20.0 Å². The molecule has 1 aromatic carbocycles. The van der Waals surface area contributed by atoms with Gasteiger partial charge in [0.15, 0.2) is 0 Å². The molecule has 3 nitrogen and oxygen atoms in total. The van der Waals surface area contributed by atoms with Crippen LogP contribution >= 0.6 is 0 Å². The predicted octanol–water partition coefficient (Wildman–Crippen LogP) is 2.16. The van der Waals surface area contributed by atoms with Gasteiger partial charge >= 0.3 is 0 Å². The van der Waals surface area contributed by atoms with Gasteiger partial charge in [-0.15, -0.1) is 0 Å². The summed E-state index contributed by atoms with van der Waals surface area (Å²) in [5.74, 6) is 2.72. The second kappa shape index (κ2) is 3.14. The molecule has 0 amide bonds. The fraction of sp³-hybridized carbons (Fsp3) is 0.500. The highest BCUT2D eigenvalue weighted by Gasteiger charge is 2.43. The summed E-state index contributed by atoms with van der Waals surface area (Å²) in [5, 5.41) is 0. The Morgan fingerprint density at radius 2 is 2.27 bits per heavy atom. The highest BCUT2D eigenvalue weighted by atomic mass is 16.7. The van der Waals surface area contributed by atoms with Crippen LogP contribution in [-0.2, 0) is 4.74 Å². The number of methoxy groups -OCH3 is 1. The van der Waals surface area contributed by atoms with Gasteiger partial charge in [-0.05, 0) is 24.1 Å². The van der Waals surface area contributed by atoms with E-state index < -0.39 is 0 Å². The SMILES string of the molecule is COc1ccc2c(c1)[C@H]1[C@H](OC[C@@H]1C)O2. The molecule has 2 aliphatic heterocycles. The van der Waals surface area contributed by atoms with Crippen molar-refractivity contribution in [3.8, 4) is 11.5 Å². The normalized spacial score (nSPS) is 32.0. The summed E-state index contributed by atoms with van der Waals surface area (Å²) in [6, 6.07) is 5.94. The Hall–Kier alpha value is -1.22. The van der Waals surface area contributed by atoms with Crippen molar-refractivity contribution in [2.75, 3.05) is 13.7 Å². The standard InChI is InChI=1S/C12H14O3/c1-7-6-14-12-11(7)9-5-8(13-2)3-4-10(9)15-12/h3-5,7,11-12H,6H2,1-2H3/t7-,11-,12+/m0/s1. The fourth-order valence-electron chi connectivity index (χ4n) is 2.43. The minimum Gasteiger partial charge on any atom is -0.497 e. The van der Waals surface area contributed by atoms with Crippen LogP contribution in [0.15, 0.2) is 18.2 Å². The monoisotopic (exact) mass is 206 g/mol. The van der Waals surface area contributed by atoms with Crippen LogP contribution in [0, 0.1) is 5.92 Å². The van der Waals surface area contributed by atoms with Crippen molar-refractivity contribution in [3.63, 3.8) is 0 Å². The third kappa shape index (κ3) is 1.23. The minimum atomic E-state index is -0.0814. The fourth-order valence-corrected chi connectivity index (χ4v) is 2.43. The van der Waals surface area contributed by atoms with E-state index >= 15 is 0 Å². The molecule has 2 aliphatic rings. The van der Waals surface area contributed by atoms with Crippen molar-refractivity contribution in [1.29, 1.82) is 0 Å². The van der Waals surface area contributed by atoms with E-state index in [4.69, 9.17) is 14.2 Å². The molecule has 3 heteroatoms. The molecule has 15 heavy (non-hydrogen) atoms. The number of benzene rings is 1. The molecule has 1 saturated heterocycles. The quantitative estimate of drug-likeness (QED) is 0.704. The van der Waals surface area contributed by atoms with Crippen molar-refractivity contribution in [2.45, 2.75) is 19.1 Å². The molecule has 3 rings (SSSR count). The van der Waals surface area contributed by atoms with E-state index in [1.807, 2.05) is 12.1 Å². The number of rotatable bonds is 1. The highest BCUT2D eigenvalue weighted by Crippen LogP contribution is 2.47. The molecule has 1 aromatic rings. The van der Waals surface area contributed by atoms with Gasteiger partial charge in [-0.2, -0.15) is 0 Å². The molecule has 3 atom stereocenters. The average molecular weight is 206 g/mol. The maximum Gasteiger partial charge on any atom is 0.207 e. The zero-order valence-corrected chi connectivity index (χ0v) is 8.90. The summed E-state index contributed by atoms with van der Waals surface area (Å²) in [6.45, 7) is 2.98. The van der Waals surface area contributed by atoms with Crippen LogP contribution in [0.4, 0.5) is 0 Å². The first kappa shape index (κ1) is 9.04. The van der Waals surface area contributed by atoms with E-state index in [0.29, 0.717) is 11.8 Å². The molecular formula is C12H14O3. The third-order valence-electron chi connectivity index (χ3n) is 3.25. The van der Waals surface area contributed by atoms with Crippen molar-refractivity contribution in [1.82, 2.24) is 0 Å². The Balaban J connectivity index is 2.04. The molecule has 0 unspecified atom stereocenters. The molecule has 0 aromatic heterocycles. The van der Waals surface area contributed by atoms with E-state index in [-0.39, 0.29) is 6.29 Å². The van der Waals surface area contributed by atoms with Crippen molar-refractivity contribution in [2.24, 2.45) is 5.92 Å². The predicted molar refractivity (Wildman–Crippen MR) is 55.3 cm³/mol. The molecule has 1 fully saturated rings. The smallest absolute Gasteiger partial charge is 0.207 e. The third-order valence-corrected chi connectivity index (χ3v) is 3.25.